The molecule has 0 spiro atoms. The quantitative estimate of drug-likeness (QED) is 0.462. The van der Waals surface area contributed by atoms with Crippen molar-refractivity contribution in [3.63, 3.8) is 0 Å². The predicted octanol–water partition coefficient (Wildman–Crippen LogP) is -1.26. The van der Waals surface area contributed by atoms with Crippen LogP contribution in [0.4, 0.5) is 4.79 Å². The first kappa shape index (κ1) is 15.2. The Bertz CT molecular complexity index is 356. The number of nitrogens with zero attached hydrogens (tertiary/aromatic N) is 1. The van der Waals surface area contributed by atoms with E-state index < -0.39 is 18.1 Å². The molecule has 1 unspecified atom stereocenters. The maximum atomic E-state index is 11.5. The molecule has 1 fully saturated rings. The molecule has 0 saturated heterocycles. The van der Waals surface area contributed by atoms with Gasteiger partial charge < -0.3 is 25.7 Å². The summed E-state index contributed by atoms with van der Waals surface area (Å²) in [6.45, 7) is -0.0231. The summed E-state index contributed by atoms with van der Waals surface area (Å²) in [4.78, 5) is 34.5. The van der Waals surface area contributed by atoms with Crippen LogP contribution in [0.1, 0.15) is 19.3 Å². The zero-order valence-electron chi connectivity index (χ0n) is 10.8. The van der Waals surface area contributed by atoms with E-state index in [1.807, 2.05) is 0 Å². The Kier molecular flexibility index (Phi) is 5.56. The second-order valence-corrected chi connectivity index (χ2v) is 4.57. The third-order valence-electron chi connectivity index (χ3n) is 2.65. The summed E-state index contributed by atoms with van der Waals surface area (Å²) >= 11 is 0. The maximum absolute atomic E-state index is 11.5. The highest BCUT2D eigenvalue weighted by Crippen LogP contribution is 2.18. The van der Waals surface area contributed by atoms with E-state index >= 15 is 0 Å². The van der Waals surface area contributed by atoms with Gasteiger partial charge in [-0.25, -0.2) is 9.59 Å². The number of hydrogen-bond donors (Lipinski definition) is 4. The minimum Gasteiger partial charge on any atom is -0.479 e. The summed E-state index contributed by atoms with van der Waals surface area (Å²) in [5.74, 6) is -1.54. The molecule has 1 saturated carbocycles. The van der Waals surface area contributed by atoms with Gasteiger partial charge in [0.15, 0.2) is 6.10 Å². The highest BCUT2D eigenvalue weighted by Gasteiger charge is 2.24. The second-order valence-electron chi connectivity index (χ2n) is 4.57. The largest absolute Gasteiger partial charge is 0.479 e. The molecule has 8 nitrogen and oxygen atoms in total. The van der Waals surface area contributed by atoms with Crippen molar-refractivity contribution in [1.82, 2.24) is 15.5 Å². The third kappa shape index (κ3) is 6.05. The molecule has 1 rings (SSSR count). The highest BCUT2D eigenvalue weighted by molar-refractivity contribution is 5.84. The summed E-state index contributed by atoms with van der Waals surface area (Å²) in [5.41, 5.74) is 0. The molecule has 0 aliphatic heterocycles. The number of carbonyl (C=O) groups excluding carboxylic acids is 2. The fourth-order valence-corrected chi connectivity index (χ4v) is 1.36. The molecule has 0 bridgehead atoms. The number of aliphatic carboxylic acids is 1. The highest BCUT2D eigenvalue weighted by atomic mass is 16.4. The number of aliphatic hydroxyl groups excluding tert-OH is 1. The van der Waals surface area contributed by atoms with E-state index in [0.717, 1.165) is 12.8 Å². The Morgan fingerprint density at radius 3 is 2.53 bits per heavy atom. The lowest BCUT2D eigenvalue weighted by atomic mass is 10.2. The molecule has 0 heterocycles. The van der Waals surface area contributed by atoms with Gasteiger partial charge >= 0.3 is 12.0 Å². The van der Waals surface area contributed by atoms with Gasteiger partial charge in [-0.3, -0.25) is 4.79 Å². The standard InChI is InChI=1S/C11H19N3O5/c1-14(6-9(16)13-7-2-3-7)11(19)12-5-4-8(15)10(17)18/h7-8,15H,2-6H2,1H3,(H,12,19)(H,13,16)(H,17,18). The van der Waals surface area contributed by atoms with E-state index in [9.17, 15) is 14.4 Å². The fraction of sp³-hybridized carbons (Fsp3) is 0.727. The molecule has 0 aromatic heterocycles. The minimum atomic E-state index is -1.50. The van der Waals surface area contributed by atoms with Gasteiger partial charge in [0.1, 0.15) is 6.54 Å². The number of carboxylic acid groups (broad SMARTS) is 1. The average Bonchev–Trinajstić information content (AvgIpc) is 3.11. The van der Waals surface area contributed by atoms with E-state index in [2.05, 4.69) is 10.6 Å². The van der Waals surface area contributed by atoms with Crippen molar-refractivity contribution < 1.29 is 24.6 Å². The first-order valence-corrected chi connectivity index (χ1v) is 6.09. The van der Waals surface area contributed by atoms with Crippen molar-refractivity contribution in [2.45, 2.75) is 31.4 Å². The summed E-state index contributed by atoms with van der Waals surface area (Å²) in [7, 11) is 1.47. The van der Waals surface area contributed by atoms with Crippen molar-refractivity contribution in [2.75, 3.05) is 20.1 Å². The van der Waals surface area contributed by atoms with Crippen LogP contribution in [0.3, 0.4) is 0 Å². The molecule has 4 N–H and O–H groups in total. The number of carbonyl (C=O) groups is 3. The Hall–Kier alpha value is -1.83. The Balaban J connectivity index is 2.16. The van der Waals surface area contributed by atoms with Crippen LogP contribution in [-0.2, 0) is 9.59 Å². The monoisotopic (exact) mass is 273 g/mol. The second kappa shape index (κ2) is 6.93. The number of urea groups is 1. The molecule has 8 heteroatoms. The lowest BCUT2D eigenvalue weighted by molar-refractivity contribution is -0.146. The number of amides is 3. The smallest absolute Gasteiger partial charge is 0.332 e. The molecule has 108 valence electrons. The summed E-state index contributed by atoms with van der Waals surface area (Å²) in [6, 6.07) is -0.238. The lowest BCUT2D eigenvalue weighted by Gasteiger charge is -2.17. The van der Waals surface area contributed by atoms with Gasteiger partial charge in [-0.05, 0) is 12.8 Å². The number of hydrogen-bond acceptors (Lipinski definition) is 4. The van der Waals surface area contributed by atoms with Crippen molar-refractivity contribution in [3.8, 4) is 0 Å². The van der Waals surface area contributed by atoms with E-state index in [-0.39, 0.29) is 31.5 Å². The van der Waals surface area contributed by atoms with Gasteiger partial charge in [0, 0.05) is 26.1 Å². The van der Waals surface area contributed by atoms with Crippen molar-refractivity contribution >= 4 is 17.9 Å². The topological polar surface area (TPSA) is 119 Å². The van der Waals surface area contributed by atoms with Gasteiger partial charge in [0.2, 0.25) is 5.91 Å². The number of aliphatic hydroxyl groups is 1. The first-order chi connectivity index (χ1) is 8.90. The molecule has 0 aromatic rings. The minimum absolute atomic E-state index is 0.0287. The van der Waals surface area contributed by atoms with Crippen molar-refractivity contribution in [2.24, 2.45) is 0 Å². The van der Waals surface area contributed by atoms with Gasteiger partial charge in [-0.1, -0.05) is 0 Å². The molecule has 3 amide bonds. The van der Waals surface area contributed by atoms with E-state index in [1.54, 1.807) is 0 Å². The Morgan fingerprint density at radius 1 is 1.37 bits per heavy atom. The zero-order chi connectivity index (χ0) is 14.4. The van der Waals surface area contributed by atoms with Gasteiger partial charge in [-0.15, -0.1) is 0 Å². The molecule has 0 aromatic carbocycles. The fourth-order valence-electron chi connectivity index (χ4n) is 1.36. The van der Waals surface area contributed by atoms with Crippen LogP contribution in [0.5, 0.6) is 0 Å². The van der Waals surface area contributed by atoms with Crippen LogP contribution in [-0.4, -0.2) is 65.3 Å². The van der Waals surface area contributed by atoms with Crippen LogP contribution in [0, 0.1) is 0 Å². The third-order valence-corrected chi connectivity index (χ3v) is 2.65. The summed E-state index contributed by atoms with van der Waals surface area (Å²) < 4.78 is 0. The first-order valence-electron chi connectivity index (χ1n) is 6.09. The molecular weight excluding hydrogens is 254 g/mol. The van der Waals surface area contributed by atoms with Crippen LogP contribution >= 0.6 is 0 Å². The van der Waals surface area contributed by atoms with Crippen molar-refractivity contribution in [1.29, 1.82) is 0 Å². The predicted molar refractivity (Wildman–Crippen MR) is 65.5 cm³/mol. The number of nitrogens with one attached hydrogen (secondary N) is 2. The Morgan fingerprint density at radius 2 is 2.00 bits per heavy atom. The molecule has 1 aliphatic carbocycles. The van der Waals surface area contributed by atoms with Crippen LogP contribution in [0.25, 0.3) is 0 Å². The number of carboxylic acids is 1. The van der Waals surface area contributed by atoms with E-state index in [4.69, 9.17) is 10.2 Å². The molecule has 19 heavy (non-hydrogen) atoms. The molecule has 0 radical (unpaired) electrons. The zero-order valence-corrected chi connectivity index (χ0v) is 10.8. The maximum Gasteiger partial charge on any atom is 0.332 e. The van der Waals surface area contributed by atoms with Gasteiger partial charge in [-0.2, -0.15) is 0 Å². The molecular formula is C11H19N3O5. The normalized spacial score (nSPS) is 15.5. The van der Waals surface area contributed by atoms with Crippen molar-refractivity contribution in [3.05, 3.63) is 0 Å². The van der Waals surface area contributed by atoms with Crippen LogP contribution in [0.15, 0.2) is 0 Å². The average molecular weight is 273 g/mol. The van der Waals surface area contributed by atoms with Crippen LogP contribution < -0.4 is 10.6 Å². The summed E-state index contributed by atoms with van der Waals surface area (Å²) in [5, 5.41) is 22.6. The summed E-state index contributed by atoms with van der Waals surface area (Å²) in [6.07, 6.45) is 0.385. The Labute approximate surface area is 110 Å². The number of likely N-dealkylation sites (N-methyl/N-ethyl adjacent to an activating group) is 1. The van der Waals surface area contributed by atoms with Gasteiger partial charge in [0.25, 0.3) is 0 Å². The lowest BCUT2D eigenvalue weighted by Crippen LogP contribution is -2.44. The molecule has 1 aliphatic rings. The van der Waals surface area contributed by atoms with E-state index in [0.29, 0.717) is 0 Å². The number of rotatable bonds is 7. The SMILES string of the molecule is CN(CC(=O)NC1CC1)C(=O)NCCC(O)C(=O)O. The molecule has 1 atom stereocenters. The van der Waals surface area contributed by atoms with E-state index in [1.165, 1.54) is 11.9 Å². The van der Waals surface area contributed by atoms with Gasteiger partial charge in [0.05, 0.1) is 0 Å². The van der Waals surface area contributed by atoms with Crippen LogP contribution in [0.2, 0.25) is 0 Å².